The Kier molecular flexibility index (Phi) is 3.86. The lowest BCUT2D eigenvalue weighted by Gasteiger charge is -2.11. The van der Waals surface area contributed by atoms with Gasteiger partial charge in [-0.15, -0.1) is 0 Å². The van der Waals surface area contributed by atoms with Crippen LogP contribution in [0.25, 0.3) is 10.2 Å². The van der Waals surface area contributed by atoms with E-state index in [1.165, 1.54) is 30.0 Å². The number of thioether (sulfide) groups is 1. The average molecular weight is 322 g/mol. The molecule has 0 radical (unpaired) electrons. The topological polar surface area (TPSA) is 59.5 Å². The monoisotopic (exact) mass is 322 g/mol. The number of methoxy groups -OCH3 is 1. The number of amides is 1. The Labute approximate surface area is 130 Å². The first-order valence-corrected chi connectivity index (χ1v) is 8.19. The third kappa shape index (κ3) is 2.75. The summed E-state index contributed by atoms with van der Waals surface area (Å²) in [4.78, 5) is 29.5. The van der Waals surface area contributed by atoms with Crippen molar-refractivity contribution in [2.75, 3.05) is 18.6 Å². The maximum atomic E-state index is 12.1. The van der Waals surface area contributed by atoms with Gasteiger partial charge in [-0.3, -0.25) is 14.5 Å². The molecule has 0 spiro atoms. The number of carbonyl (C=O) groups is 2. The lowest BCUT2D eigenvalue weighted by Crippen LogP contribution is -2.24. The number of aromatic nitrogens is 1. The number of benzene rings is 1. The number of carbonyl (C=O) groups excluding carboxylic acids is 2. The molecule has 3 rings (SSSR count). The van der Waals surface area contributed by atoms with E-state index in [0.29, 0.717) is 23.8 Å². The van der Waals surface area contributed by atoms with Gasteiger partial charge in [-0.1, -0.05) is 29.2 Å². The van der Waals surface area contributed by atoms with E-state index in [2.05, 4.69) is 4.98 Å². The molecule has 7 heteroatoms. The van der Waals surface area contributed by atoms with E-state index in [0.717, 1.165) is 10.2 Å². The minimum Gasteiger partial charge on any atom is -0.494 e. The molecule has 0 N–H and O–H groups in total. The van der Waals surface area contributed by atoms with E-state index in [9.17, 15) is 9.59 Å². The third-order valence-corrected chi connectivity index (χ3v) is 5.27. The first-order chi connectivity index (χ1) is 10.1. The fourth-order valence-electron chi connectivity index (χ4n) is 2.37. The van der Waals surface area contributed by atoms with Crippen LogP contribution in [0, 0.1) is 0 Å². The zero-order valence-corrected chi connectivity index (χ0v) is 13.3. The van der Waals surface area contributed by atoms with Gasteiger partial charge in [0.1, 0.15) is 11.3 Å². The second kappa shape index (κ2) is 5.65. The number of anilines is 1. The van der Waals surface area contributed by atoms with Gasteiger partial charge in [-0.25, -0.2) is 4.98 Å². The number of fused-ring (bicyclic) bond motifs is 1. The lowest BCUT2D eigenvalue weighted by atomic mass is 10.3. The molecule has 5 nitrogen and oxygen atoms in total. The van der Waals surface area contributed by atoms with Crippen molar-refractivity contribution >= 4 is 49.5 Å². The minimum absolute atomic E-state index is 0.0175. The van der Waals surface area contributed by atoms with Crippen LogP contribution in [0.5, 0.6) is 5.75 Å². The van der Waals surface area contributed by atoms with Crippen LogP contribution in [-0.2, 0) is 9.59 Å². The standard InChI is InChI=1S/C14H14N2O3S2/c1-8(17)20-9-6-12(18)16(7-9)14-15-13-10(19-2)4-3-5-11(13)21-14/h3-5,9H,6-7H2,1-2H3. The summed E-state index contributed by atoms with van der Waals surface area (Å²) in [6.45, 7) is 2.06. The van der Waals surface area contributed by atoms with Crippen LogP contribution in [0.2, 0.25) is 0 Å². The third-order valence-electron chi connectivity index (χ3n) is 3.24. The minimum atomic E-state index is 0.0175. The van der Waals surface area contributed by atoms with Gasteiger partial charge in [-0.2, -0.15) is 0 Å². The summed E-state index contributed by atoms with van der Waals surface area (Å²) in [6.07, 6.45) is 0.386. The molecule has 1 atom stereocenters. The van der Waals surface area contributed by atoms with Crippen molar-refractivity contribution in [3.63, 3.8) is 0 Å². The largest absolute Gasteiger partial charge is 0.494 e. The first kappa shape index (κ1) is 14.3. The molecule has 1 aromatic heterocycles. The van der Waals surface area contributed by atoms with Gasteiger partial charge in [0, 0.05) is 25.1 Å². The molecule has 2 aromatic rings. The van der Waals surface area contributed by atoms with Crippen molar-refractivity contribution in [2.45, 2.75) is 18.6 Å². The number of nitrogens with zero attached hydrogens (tertiary/aromatic N) is 2. The van der Waals surface area contributed by atoms with Crippen LogP contribution >= 0.6 is 23.1 Å². The predicted molar refractivity (Wildman–Crippen MR) is 85.2 cm³/mol. The van der Waals surface area contributed by atoms with E-state index in [1.807, 2.05) is 18.2 Å². The second-order valence-corrected chi connectivity index (χ2v) is 7.23. The smallest absolute Gasteiger partial charge is 0.230 e. The van der Waals surface area contributed by atoms with Crippen LogP contribution in [-0.4, -0.2) is 34.9 Å². The molecule has 1 saturated heterocycles. The molecule has 1 aliphatic rings. The number of hydrogen-bond donors (Lipinski definition) is 0. The Morgan fingerprint density at radius 2 is 2.33 bits per heavy atom. The quantitative estimate of drug-likeness (QED) is 0.869. The maximum absolute atomic E-state index is 12.1. The van der Waals surface area contributed by atoms with Crippen molar-refractivity contribution < 1.29 is 14.3 Å². The van der Waals surface area contributed by atoms with Gasteiger partial charge in [0.2, 0.25) is 5.91 Å². The van der Waals surface area contributed by atoms with Crippen LogP contribution in [0.15, 0.2) is 18.2 Å². The molecule has 21 heavy (non-hydrogen) atoms. The number of para-hydroxylation sites is 1. The number of thiazole rings is 1. The lowest BCUT2D eigenvalue weighted by molar-refractivity contribution is -0.117. The molecule has 1 amide bonds. The Balaban J connectivity index is 1.90. The summed E-state index contributed by atoms with van der Waals surface area (Å²) >= 11 is 2.70. The molecule has 1 aliphatic heterocycles. The first-order valence-electron chi connectivity index (χ1n) is 6.49. The van der Waals surface area contributed by atoms with Crippen molar-refractivity contribution in [2.24, 2.45) is 0 Å². The van der Waals surface area contributed by atoms with Gasteiger partial charge in [0.05, 0.1) is 11.8 Å². The predicted octanol–water partition coefficient (Wildman–Crippen LogP) is 2.69. The summed E-state index contributed by atoms with van der Waals surface area (Å²) in [5.74, 6) is 0.725. The van der Waals surface area contributed by atoms with Crippen molar-refractivity contribution in [3.8, 4) is 5.75 Å². The van der Waals surface area contributed by atoms with E-state index >= 15 is 0 Å². The molecule has 1 fully saturated rings. The highest BCUT2D eigenvalue weighted by molar-refractivity contribution is 8.14. The Morgan fingerprint density at radius 3 is 3.05 bits per heavy atom. The molecule has 0 aliphatic carbocycles. The van der Waals surface area contributed by atoms with Gasteiger partial charge in [0.25, 0.3) is 0 Å². The number of hydrogen-bond acceptors (Lipinski definition) is 6. The Hall–Kier alpha value is -1.60. The Bertz CT molecular complexity index is 713. The number of ether oxygens (including phenoxy) is 1. The molecule has 2 heterocycles. The van der Waals surface area contributed by atoms with Gasteiger partial charge in [0.15, 0.2) is 10.2 Å². The molecule has 1 aromatic carbocycles. The van der Waals surface area contributed by atoms with Crippen molar-refractivity contribution in [3.05, 3.63) is 18.2 Å². The fourth-order valence-corrected chi connectivity index (χ4v) is 4.29. The zero-order chi connectivity index (χ0) is 15.0. The summed E-state index contributed by atoms with van der Waals surface area (Å²) in [5, 5.41) is 0.732. The fraction of sp³-hybridized carbons (Fsp3) is 0.357. The van der Waals surface area contributed by atoms with E-state index < -0.39 is 0 Å². The van der Waals surface area contributed by atoms with Crippen molar-refractivity contribution in [1.82, 2.24) is 4.98 Å². The van der Waals surface area contributed by atoms with Gasteiger partial charge < -0.3 is 4.74 Å². The molecular formula is C14H14N2O3S2. The molecule has 1 unspecified atom stereocenters. The summed E-state index contributed by atoms with van der Waals surface area (Å²) in [7, 11) is 1.61. The summed E-state index contributed by atoms with van der Waals surface area (Å²) in [5.41, 5.74) is 0.774. The van der Waals surface area contributed by atoms with E-state index in [4.69, 9.17) is 4.74 Å². The Morgan fingerprint density at radius 1 is 1.52 bits per heavy atom. The highest BCUT2D eigenvalue weighted by atomic mass is 32.2. The summed E-state index contributed by atoms with van der Waals surface area (Å²) < 4.78 is 6.28. The van der Waals surface area contributed by atoms with Crippen LogP contribution in [0.4, 0.5) is 5.13 Å². The molecule has 0 bridgehead atoms. The van der Waals surface area contributed by atoms with Gasteiger partial charge in [-0.05, 0) is 12.1 Å². The van der Waals surface area contributed by atoms with Crippen molar-refractivity contribution in [1.29, 1.82) is 0 Å². The number of rotatable bonds is 3. The van der Waals surface area contributed by atoms with E-state index in [1.54, 1.807) is 12.0 Å². The van der Waals surface area contributed by atoms with Crippen LogP contribution in [0.3, 0.4) is 0 Å². The average Bonchev–Trinajstić information content (AvgIpc) is 3.00. The zero-order valence-electron chi connectivity index (χ0n) is 11.7. The SMILES string of the molecule is COc1cccc2sc(N3CC(SC(C)=O)CC3=O)nc12. The summed E-state index contributed by atoms with van der Waals surface area (Å²) in [6, 6.07) is 5.72. The highest BCUT2D eigenvalue weighted by Crippen LogP contribution is 2.37. The van der Waals surface area contributed by atoms with E-state index in [-0.39, 0.29) is 16.3 Å². The second-order valence-electron chi connectivity index (χ2n) is 4.74. The van der Waals surface area contributed by atoms with Gasteiger partial charge >= 0.3 is 0 Å². The molecular weight excluding hydrogens is 308 g/mol. The normalized spacial score (nSPS) is 18.5. The van der Waals surface area contributed by atoms with Crippen LogP contribution < -0.4 is 9.64 Å². The van der Waals surface area contributed by atoms with Crippen LogP contribution in [0.1, 0.15) is 13.3 Å². The maximum Gasteiger partial charge on any atom is 0.230 e. The highest BCUT2D eigenvalue weighted by Gasteiger charge is 2.33. The molecule has 110 valence electrons. The molecule has 0 saturated carbocycles.